The lowest BCUT2D eigenvalue weighted by Gasteiger charge is -2.35. The molecule has 2 rings (SSSR count). The van der Waals surface area contributed by atoms with E-state index in [2.05, 4.69) is 23.6 Å². The predicted molar refractivity (Wildman–Crippen MR) is 172 cm³/mol. The zero-order chi connectivity index (χ0) is 31.4. The summed E-state index contributed by atoms with van der Waals surface area (Å²) in [6.45, 7) is 17.9. The molecular weight excluding hydrogens is 526 g/mol. The fourth-order valence-corrected chi connectivity index (χ4v) is 5.15. The van der Waals surface area contributed by atoms with Gasteiger partial charge < -0.3 is 20.3 Å². The van der Waals surface area contributed by atoms with Crippen LogP contribution in [0.3, 0.4) is 0 Å². The first kappa shape index (κ1) is 34.8. The lowest BCUT2D eigenvalue weighted by Crippen LogP contribution is -2.53. The zero-order valence-corrected chi connectivity index (χ0v) is 27.3. The minimum Gasteiger partial charge on any atom is -0.444 e. The molecule has 0 aromatic heterocycles. The molecule has 2 unspecified atom stereocenters. The number of amides is 3. The second-order valence-electron chi connectivity index (χ2n) is 12.9. The molecule has 7 nitrogen and oxygen atoms in total. The summed E-state index contributed by atoms with van der Waals surface area (Å²) in [6.07, 6.45) is 4.78. The summed E-state index contributed by atoms with van der Waals surface area (Å²) in [5, 5.41) is 5.94. The summed E-state index contributed by atoms with van der Waals surface area (Å²) in [5.74, 6) is -0.438. The van der Waals surface area contributed by atoms with Gasteiger partial charge in [-0.3, -0.25) is 9.59 Å². The Hall–Kier alpha value is -3.35. The highest BCUT2D eigenvalue weighted by molar-refractivity contribution is 5.99. The van der Waals surface area contributed by atoms with Gasteiger partial charge in [-0.15, -0.1) is 0 Å². The third-order valence-electron chi connectivity index (χ3n) is 7.00. The van der Waals surface area contributed by atoms with Gasteiger partial charge in [-0.25, -0.2) is 4.79 Å². The molecule has 2 aromatic rings. The molecule has 0 spiro atoms. The van der Waals surface area contributed by atoms with E-state index in [1.165, 1.54) is 0 Å². The number of alkyl carbamates (subject to hydrolysis) is 1. The maximum Gasteiger partial charge on any atom is 0.408 e. The second kappa shape index (κ2) is 16.3. The van der Waals surface area contributed by atoms with Gasteiger partial charge in [0.2, 0.25) is 5.91 Å². The van der Waals surface area contributed by atoms with Crippen LogP contribution in [-0.2, 0) is 14.3 Å². The monoisotopic (exact) mass is 579 g/mol. The standard InChI is InChI=1S/C35H53N3O4/c1-10-11-12-13-16-19-38(33(40)30(20-24(2)3)37-34(41)42-35(7,8)9)31(28-22-25(4)21-26(5)23-28)32(39)36-29-18-15-14-17-27(29)6/h14-15,17-18,21-24,30-31H,10-13,16,19-20H2,1-9H3,(H,36,39)(H,37,41). The first-order valence-electron chi connectivity index (χ1n) is 15.5. The molecule has 2 aromatic carbocycles. The lowest BCUT2D eigenvalue weighted by atomic mass is 9.96. The number of nitrogens with zero attached hydrogens (tertiary/aromatic N) is 1. The Balaban J connectivity index is 2.59. The van der Waals surface area contributed by atoms with Crippen molar-refractivity contribution >= 4 is 23.6 Å². The molecule has 0 saturated heterocycles. The maximum absolute atomic E-state index is 14.5. The highest BCUT2D eigenvalue weighted by atomic mass is 16.6. The van der Waals surface area contributed by atoms with Gasteiger partial charge in [0.05, 0.1) is 0 Å². The van der Waals surface area contributed by atoms with Gasteiger partial charge in [0.1, 0.15) is 17.7 Å². The number of hydrogen-bond donors (Lipinski definition) is 2. The Morgan fingerprint density at radius 3 is 2.10 bits per heavy atom. The van der Waals surface area contributed by atoms with Crippen molar-refractivity contribution in [1.29, 1.82) is 0 Å². The minimum atomic E-state index is -0.878. The summed E-state index contributed by atoms with van der Waals surface area (Å²) in [5.41, 5.74) is 3.72. The molecule has 232 valence electrons. The van der Waals surface area contributed by atoms with Gasteiger partial charge in [-0.05, 0) is 77.5 Å². The molecule has 2 atom stereocenters. The highest BCUT2D eigenvalue weighted by Crippen LogP contribution is 2.28. The highest BCUT2D eigenvalue weighted by Gasteiger charge is 2.36. The van der Waals surface area contributed by atoms with Crippen molar-refractivity contribution in [1.82, 2.24) is 10.2 Å². The van der Waals surface area contributed by atoms with E-state index < -0.39 is 23.8 Å². The van der Waals surface area contributed by atoms with Gasteiger partial charge in [0, 0.05) is 12.2 Å². The molecule has 3 amide bonds. The Morgan fingerprint density at radius 2 is 1.52 bits per heavy atom. The first-order chi connectivity index (χ1) is 19.7. The quantitative estimate of drug-likeness (QED) is 0.222. The van der Waals surface area contributed by atoms with Crippen molar-refractivity contribution in [3.8, 4) is 0 Å². The fraction of sp³-hybridized carbons (Fsp3) is 0.571. The molecule has 2 N–H and O–H groups in total. The van der Waals surface area contributed by atoms with Crippen LogP contribution in [0.4, 0.5) is 10.5 Å². The molecule has 0 bridgehead atoms. The predicted octanol–water partition coefficient (Wildman–Crippen LogP) is 8.03. The number of nitrogens with one attached hydrogen (secondary N) is 2. The smallest absolute Gasteiger partial charge is 0.408 e. The maximum atomic E-state index is 14.5. The minimum absolute atomic E-state index is 0.126. The molecule has 0 fully saturated rings. The molecule has 7 heteroatoms. The van der Waals surface area contributed by atoms with Crippen LogP contribution in [0.25, 0.3) is 0 Å². The SMILES string of the molecule is CCCCCCCN(C(=O)C(CC(C)C)NC(=O)OC(C)(C)C)C(C(=O)Nc1ccccc1C)c1cc(C)cc(C)c1. The largest absolute Gasteiger partial charge is 0.444 e. The van der Waals surface area contributed by atoms with Crippen LogP contribution in [0.1, 0.15) is 108 Å². The molecule has 0 aliphatic rings. The van der Waals surface area contributed by atoms with Crippen molar-refractivity contribution in [2.24, 2.45) is 5.92 Å². The van der Waals surface area contributed by atoms with Crippen LogP contribution in [-0.4, -0.2) is 41.0 Å². The molecular formula is C35H53N3O4. The third-order valence-corrected chi connectivity index (χ3v) is 7.00. The Labute approximate surface area is 253 Å². The van der Waals surface area contributed by atoms with Gasteiger partial charge in [-0.2, -0.15) is 0 Å². The van der Waals surface area contributed by atoms with Crippen LogP contribution >= 0.6 is 0 Å². The van der Waals surface area contributed by atoms with E-state index in [0.717, 1.165) is 54.4 Å². The van der Waals surface area contributed by atoms with Crippen molar-refractivity contribution < 1.29 is 19.1 Å². The molecule has 0 saturated carbocycles. The fourth-order valence-electron chi connectivity index (χ4n) is 5.15. The van der Waals surface area contributed by atoms with Gasteiger partial charge in [0.25, 0.3) is 5.91 Å². The summed E-state index contributed by atoms with van der Waals surface area (Å²) in [4.78, 5) is 43.2. The van der Waals surface area contributed by atoms with E-state index >= 15 is 0 Å². The number of hydrogen-bond acceptors (Lipinski definition) is 4. The third kappa shape index (κ3) is 11.5. The summed E-state index contributed by atoms with van der Waals surface area (Å²) >= 11 is 0. The van der Waals surface area contributed by atoms with Gasteiger partial charge >= 0.3 is 6.09 Å². The van der Waals surface area contributed by atoms with E-state index in [1.807, 2.05) is 71.0 Å². The first-order valence-corrected chi connectivity index (χ1v) is 15.5. The van der Waals surface area contributed by atoms with E-state index in [9.17, 15) is 14.4 Å². The second-order valence-corrected chi connectivity index (χ2v) is 12.9. The molecule has 0 aliphatic carbocycles. The van der Waals surface area contributed by atoms with Crippen molar-refractivity contribution in [3.63, 3.8) is 0 Å². The topological polar surface area (TPSA) is 87.7 Å². The molecule has 0 aliphatic heterocycles. The number of ether oxygens (including phenoxy) is 1. The number of anilines is 1. The van der Waals surface area contributed by atoms with Crippen LogP contribution < -0.4 is 10.6 Å². The van der Waals surface area contributed by atoms with E-state index in [0.29, 0.717) is 18.7 Å². The normalized spacial score (nSPS) is 12.9. The van der Waals surface area contributed by atoms with Crippen molar-refractivity contribution in [3.05, 3.63) is 64.7 Å². The van der Waals surface area contributed by atoms with Crippen LogP contribution in [0.5, 0.6) is 0 Å². The summed E-state index contributed by atoms with van der Waals surface area (Å²) < 4.78 is 5.52. The zero-order valence-electron chi connectivity index (χ0n) is 27.3. The molecule has 0 heterocycles. The van der Waals surface area contributed by atoms with E-state index in [4.69, 9.17) is 4.74 Å². The molecule has 42 heavy (non-hydrogen) atoms. The van der Waals surface area contributed by atoms with Crippen LogP contribution in [0, 0.1) is 26.7 Å². The van der Waals surface area contributed by atoms with Gasteiger partial charge in [-0.1, -0.05) is 94.0 Å². The number of carbonyl (C=O) groups is 3. The molecule has 0 radical (unpaired) electrons. The Bertz CT molecular complexity index is 1160. The summed E-state index contributed by atoms with van der Waals surface area (Å²) in [7, 11) is 0. The van der Waals surface area contributed by atoms with Crippen molar-refractivity contribution in [2.45, 2.75) is 119 Å². The number of rotatable bonds is 14. The number of carbonyl (C=O) groups excluding carboxylic acids is 3. The van der Waals surface area contributed by atoms with Crippen LogP contribution in [0.15, 0.2) is 42.5 Å². The van der Waals surface area contributed by atoms with Crippen molar-refractivity contribution in [2.75, 3.05) is 11.9 Å². The number of para-hydroxylation sites is 1. The lowest BCUT2D eigenvalue weighted by molar-refractivity contribution is -0.141. The summed E-state index contributed by atoms with van der Waals surface area (Å²) in [6, 6.07) is 11.9. The number of unbranched alkanes of at least 4 members (excludes halogenated alkanes) is 4. The Morgan fingerprint density at radius 1 is 0.905 bits per heavy atom. The van der Waals surface area contributed by atoms with Gasteiger partial charge in [0.15, 0.2) is 0 Å². The number of aryl methyl sites for hydroxylation is 3. The Kier molecular flexibility index (Phi) is 13.5. The number of benzene rings is 2. The van der Waals surface area contributed by atoms with E-state index in [1.54, 1.807) is 25.7 Å². The average Bonchev–Trinajstić information content (AvgIpc) is 2.86. The van der Waals surface area contributed by atoms with Crippen LogP contribution in [0.2, 0.25) is 0 Å². The van der Waals surface area contributed by atoms with E-state index in [-0.39, 0.29) is 17.7 Å². The average molecular weight is 580 g/mol.